The lowest BCUT2D eigenvalue weighted by Crippen LogP contribution is -2.58. The Bertz CT molecular complexity index is 1030. The number of benzene rings is 1. The SMILES string of the molecule is CC(C)OC(=O)N1CCC[C@@H](NS(C)(=O)=O)[C@H]1Cc1cccc(-c2cccc(F)c2)n1. The van der Waals surface area contributed by atoms with Crippen LogP contribution in [0.1, 0.15) is 32.4 Å². The fourth-order valence-electron chi connectivity index (χ4n) is 3.83. The molecule has 2 aromatic rings. The van der Waals surface area contributed by atoms with Crippen LogP contribution < -0.4 is 4.72 Å². The van der Waals surface area contributed by atoms with Crippen molar-refractivity contribution in [3.63, 3.8) is 0 Å². The number of amides is 1. The van der Waals surface area contributed by atoms with Gasteiger partial charge in [-0.05, 0) is 51.0 Å². The topological polar surface area (TPSA) is 88.6 Å². The minimum absolute atomic E-state index is 0.286. The molecule has 9 heteroatoms. The molecule has 1 saturated heterocycles. The maximum absolute atomic E-state index is 13.6. The van der Waals surface area contributed by atoms with Crippen molar-refractivity contribution in [1.29, 1.82) is 0 Å². The molecule has 168 valence electrons. The number of sulfonamides is 1. The molecule has 0 saturated carbocycles. The van der Waals surface area contributed by atoms with Crippen LogP contribution in [0.2, 0.25) is 0 Å². The van der Waals surface area contributed by atoms with E-state index in [9.17, 15) is 17.6 Å². The summed E-state index contributed by atoms with van der Waals surface area (Å²) in [4.78, 5) is 18.9. The molecule has 1 aromatic carbocycles. The molecule has 1 amide bonds. The first-order valence-electron chi connectivity index (χ1n) is 10.3. The third kappa shape index (κ3) is 6.48. The van der Waals surface area contributed by atoms with Crippen LogP contribution in [0.3, 0.4) is 0 Å². The molecular weight excluding hydrogens is 421 g/mol. The molecule has 2 heterocycles. The average Bonchev–Trinajstić information content (AvgIpc) is 2.68. The van der Waals surface area contributed by atoms with Crippen molar-refractivity contribution in [2.45, 2.75) is 51.3 Å². The van der Waals surface area contributed by atoms with E-state index >= 15 is 0 Å². The van der Waals surface area contributed by atoms with Crippen molar-refractivity contribution in [3.8, 4) is 11.3 Å². The van der Waals surface area contributed by atoms with Gasteiger partial charge in [0.1, 0.15) is 5.82 Å². The molecule has 2 atom stereocenters. The summed E-state index contributed by atoms with van der Waals surface area (Å²) in [5, 5.41) is 0. The lowest BCUT2D eigenvalue weighted by atomic mass is 9.93. The van der Waals surface area contributed by atoms with E-state index < -0.39 is 28.2 Å². The van der Waals surface area contributed by atoms with Crippen LogP contribution in [-0.2, 0) is 21.2 Å². The van der Waals surface area contributed by atoms with Crippen LogP contribution in [0.15, 0.2) is 42.5 Å². The van der Waals surface area contributed by atoms with E-state index in [2.05, 4.69) is 9.71 Å². The van der Waals surface area contributed by atoms with E-state index in [0.717, 1.165) is 6.26 Å². The Kier molecular flexibility index (Phi) is 7.27. The third-order valence-corrected chi connectivity index (χ3v) is 5.79. The first kappa shape index (κ1) is 23.1. The van der Waals surface area contributed by atoms with Crippen molar-refractivity contribution in [2.75, 3.05) is 12.8 Å². The normalized spacial score (nSPS) is 19.5. The molecule has 31 heavy (non-hydrogen) atoms. The van der Waals surface area contributed by atoms with Gasteiger partial charge in [0.2, 0.25) is 10.0 Å². The molecule has 0 unspecified atom stereocenters. The summed E-state index contributed by atoms with van der Waals surface area (Å²) in [6, 6.07) is 10.7. The van der Waals surface area contributed by atoms with Gasteiger partial charge in [-0.1, -0.05) is 18.2 Å². The zero-order chi connectivity index (χ0) is 22.6. The van der Waals surface area contributed by atoms with E-state index in [1.54, 1.807) is 36.9 Å². The van der Waals surface area contributed by atoms with E-state index in [4.69, 9.17) is 4.74 Å². The molecule has 0 bridgehead atoms. The standard InChI is InChI=1S/C22H28FN3O4S/c1-15(2)30-22(27)26-12-6-11-20(25-31(3,28)29)21(26)14-18-9-5-10-19(24-18)16-7-4-8-17(23)13-16/h4-5,7-10,13,15,20-21,25H,6,11-12,14H2,1-3H3/t20-,21-/m1/s1. The molecule has 0 aliphatic carbocycles. The molecule has 1 aliphatic rings. The largest absolute Gasteiger partial charge is 0.447 e. The Morgan fingerprint density at radius 3 is 2.71 bits per heavy atom. The number of rotatable bonds is 6. The van der Waals surface area contributed by atoms with Crippen LogP contribution in [-0.4, -0.2) is 55.4 Å². The highest BCUT2D eigenvalue weighted by molar-refractivity contribution is 7.88. The molecule has 3 rings (SSSR count). The highest BCUT2D eigenvalue weighted by Gasteiger charge is 2.37. The van der Waals surface area contributed by atoms with Crippen molar-refractivity contribution in [3.05, 3.63) is 54.0 Å². The Morgan fingerprint density at radius 1 is 1.29 bits per heavy atom. The Labute approximate surface area is 182 Å². The minimum atomic E-state index is -3.47. The number of halogens is 1. The lowest BCUT2D eigenvalue weighted by Gasteiger charge is -2.40. The van der Waals surface area contributed by atoms with Crippen LogP contribution in [0.5, 0.6) is 0 Å². The summed E-state index contributed by atoms with van der Waals surface area (Å²) in [7, 11) is -3.47. The number of aromatic nitrogens is 1. The van der Waals surface area contributed by atoms with Crippen LogP contribution in [0, 0.1) is 5.82 Å². The minimum Gasteiger partial charge on any atom is -0.447 e. The van der Waals surface area contributed by atoms with Gasteiger partial charge in [-0.25, -0.2) is 22.3 Å². The summed E-state index contributed by atoms with van der Waals surface area (Å²) in [6.45, 7) is 4.02. The monoisotopic (exact) mass is 449 g/mol. The molecule has 1 aliphatic heterocycles. The number of nitrogens with one attached hydrogen (secondary N) is 1. The fourth-order valence-corrected chi connectivity index (χ4v) is 4.66. The number of carbonyl (C=O) groups excluding carboxylic acids is 1. The number of nitrogens with zero attached hydrogens (tertiary/aromatic N) is 2. The van der Waals surface area contributed by atoms with Gasteiger partial charge < -0.3 is 9.64 Å². The van der Waals surface area contributed by atoms with Gasteiger partial charge in [-0.15, -0.1) is 0 Å². The van der Waals surface area contributed by atoms with E-state index in [-0.39, 0.29) is 11.9 Å². The van der Waals surface area contributed by atoms with Crippen LogP contribution >= 0.6 is 0 Å². The average molecular weight is 450 g/mol. The summed E-state index contributed by atoms with van der Waals surface area (Å²) < 4.78 is 45.5. The maximum atomic E-state index is 13.6. The second-order valence-electron chi connectivity index (χ2n) is 8.06. The highest BCUT2D eigenvalue weighted by Crippen LogP contribution is 2.24. The maximum Gasteiger partial charge on any atom is 0.410 e. The molecule has 1 aromatic heterocycles. The third-order valence-electron chi connectivity index (χ3n) is 5.06. The summed E-state index contributed by atoms with van der Waals surface area (Å²) >= 11 is 0. The van der Waals surface area contributed by atoms with Crippen molar-refractivity contribution in [1.82, 2.24) is 14.6 Å². The first-order valence-corrected chi connectivity index (χ1v) is 12.2. The van der Waals surface area contributed by atoms with Gasteiger partial charge >= 0.3 is 6.09 Å². The van der Waals surface area contributed by atoms with Gasteiger partial charge in [0, 0.05) is 30.3 Å². The van der Waals surface area contributed by atoms with Crippen LogP contribution in [0.4, 0.5) is 9.18 Å². The second-order valence-corrected chi connectivity index (χ2v) is 9.84. The van der Waals surface area contributed by atoms with Crippen molar-refractivity contribution in [2.24, 2.45) is 0 Å². The van der Waals surface area contributed by atoms with Gasteiger partial charge in [0.05, 0.1) is 24.1 Å². The Balaban J connectivity index is 1.90. The zero-order valence-corrected chi connectivity index (χ0v) is 18.7. The van der Waals surface area contributed by atoms with Crippen LogP contribution in [0.25, 0.3) is 11.3 Å². The number of ether oxygens (including phenoxy) is 1. The molecule has 1 fully saturated rings. The van der Waals surface area contributed by atoms with E-state index in [1.165, 1.54) is 12.1 Å². The number of hydrogen-bond acceptors (Lipinski definition) is 5. The van der Waals surface area contributed by atoms with Crippen molar-refractivity contribution < 1.29 is 22.3 Å². The zero-order valence-electron chi connectivity index (χ0n) is 17.9. The number of pyridine rings is 1. The second kappa shape index (κ2) is 9.74. The molecule has 1 N–H and O–H groups in total. The molecular formula is C22H28FN3O4S. The summed E-state index contributed by atoms with van der Waals surface area (Å²) in [5.74, 6) is -0.350. The number of carbonyl (C=O) groups is 1. The summed E-state index contributed by atoms with van der Waals surface area (Å²) in [5.41, 5.74) is 1.93. The van der Waals surface area contributed by atoms with Gasteiger partial charge in [-0.3, -0.25) is 4.98 Å². The number of hydrogen-bond donors (Lipinski definition) is 1. The Morgan fingerprint density at radius 2 is 2.03 bits per heavy atom. The smallest absolute Gasteiger partial charge is 0.410 e. The van der Waals surface area contributed by atoms with E-state index in [1.807, 2.05) is 12.1 Å². The predicted molar refractivity (Wildman–Crippen MR) is 116 cm³/mol. The highest BCUT2D eigenvalue weighted by atomic mass is 32.2. The molecule has 0 radical (unpaired) electrons. The molecule has 7 nitrogen and oxygen atoms in total. The van der Waals surface area contributed by atoms with Crippen molar-refractivity contribution >= 4 is 16.1 Å². The number of piperidine rings is 1. The fraction of sp³-hybridized carbons (Fsp3) is 0.455. The summed E-state index contributed by atoms with van der Waals surface area (Å²) in [6.07, 6.45) is 1.95. The van der Waals surface area contributed by atoms with Gasteiger partial charge in [0.25, 0.3) is 0 Å². The van der Waals surface area contributed by atoms with Gasteiger partial charge in [-0.2, -0.15) is 0 Å². The number of likely N-dealkylation sites (tertiary alicyclic amines) is 1. The quantitative estimate of drug-likeness (QED) is 0.731. The van der Waals surface area contributed by atoms with E-state index in [0.29, 0.717) is 42.8 Å². The Hall–Kier alpha value is -2.52. The molecule has 0 spiro atoms. The van der Waals surface area contributed by atoms with Gasteiger partial charge in [0.15, 0.2) is 0 Å². The predicted octanol–water partition coefficient (Wildman–Crippen LogP) is 3.36. The first-order chi connectivity index (χ1) is 14.6. The lowest BCUT2D eigenvalue weighted by molar-refractivity contribution is 0.0459.